The van der Waals surface area contributed by atoms with E-state index in [4.69, 9.17) is 9.47 Å². The summed E-state index contributed by atoms with van der Waals surface area (Å²) in [6, 6.07) is 0. The van der Waals surface area contributed by atoms with E-state index in [1.54, 1.807) is 0 Å². The van der Waals surface area contributed by atoms with Crippen LogP contribution in [0.3, 0.4) is 0 Å². The van der Waals surface area contributed by atoms with Crippen molar-refractivity contribution >= 4 is 0 Å². The SMILES string of the molecule is CN(CCC1OCCCO1)CC1CCCC1. The van der Waals surface area contributed by atoms with E-state index in [0.29, 0.717) is 0 Å². The fraction of sp³-hybridized carbons (Fsp3) is 1.00. The Hall–Kier alpha value is -0.120. The molecule has 94 valence electrons. The van der Waals surface area contributed by atoms with E-state index < -0.39 is 0 Å². The first-order valence-electron chi connectivity index (χ1n) is 6.76. The molecule has 0 aromatic heterocycles. The average Bonchev–Trinajstić information content (AvgIpc) is 2.81. The van der Waals surface area contributed by atoms with Crippen molar-refractivity contribution in [2.24, 2.45) is 5.92 Å². The van der Waals surface area contributed by atoms with Crippen molar-refractivity contribution < 1.29 is 9.47 Å². The van der Waals surface area contributed by atoms with Crippen LogP contribution in [0.5, 0.6) is 0 Å². The third kappa shape index (κ3) is 4.04. The lowest BCUT2D eigenvalue weighted by Gasteiger charge is -2.26. The van der Waals surface area contributed by atoms with Gasteiger partial charge in [0.05, 0.1) is 13.2 Å². The number of hydrogen-bond acceptors (Lipinski definition) is 3. The zero-order valence-corrected chi connectivity index (χ0v) is 10.5. The highest BCUT2D eigenvalue weighted by Crippen LogP contribution is 2.25. The summed E-state index contributed by atoms with van der Waals surface area (Å²) in [5.74, 6) is 0.943. The Kier molecular flexibility index (Phi) is 5.07. The van der Waals surface area contributed by atoms with E-state index in [2.05, 4.69) is 11.9 Å². The lowest BCUT2D eigenvalue weighted by Crippen LogP contribution is -2.32. The lowest BCUT2D eigenvalue weighted by molar-refractivity contribution is -0.182. The molecule has 3 heteroatoms. The van der Waals surface area contributed by atoms with Gasteiger partial charge in [0.1, 0.15) is 0 Å². The molecule has 0 atom stereocenters. The van der Waals surface area contributed by atoms with Gasteiger partial charge in [0.15, 0.2) is 6.29 Å². The summed E-state index contributed by atoms with van der Waals surface area (Å²) in [5, 5.41) is 0. The van der Waals surface area contributed by atoms with Gasteiger partial charge in [-0.3, -0.25) is 0 Å². The van der Waals surface area contributed by atoms with Crippen LogP contribution < -0.4 is 0 Å². The van der Waals surface area contributed by atoms with E-state index in [-0.39, 0.29) is 6.29 Å². The van der Waals surface area contributed by atoms with Gasteiger partial charge in [0.2, 0.25) is 0 Å². The van der Waals surface area contributed by atoms with Gasteiger partial charge in [0, 0.05) is 19.5 Å². The predicted octanol–water partition coefficient (Wildman–Crippen LogP) is 2.26. The molecule has 1 aliphatic heterocycles. The topological polar surface area (TPSA) is 21.7 Å². The van der Waals surface area contributed by atoms with Crippen molar-refractivity contribution in [1.29, 1.82) is 0 Å². The van der Waals surface area contributed by atoms with Gasteiger partial charge in [0.25, 0.3) is 0 Å². The van der Waals surface area contributed by atoms with Crippen LogP contribution in [0.15, 0.2) is 0 Å². The number of ether oxygens (including phenoxy) is 2. The van der Waals surface area contributed by atoms with Crippen molar-refractivity contribution in [3.05, 3.63) is 0 Å². The lowest BCUT2D eigenvalue weighted by atomic mass is 10.1. The van der Waals surface area contributed by atoms with Gasteiger partial charge in [-0.05, 0) is 32.2 Å². The van der Waals surface area contributed by atoms with Crippen LogP contribution >= 0.6 is 0 Å². The van der Waals surface area contributed by atoms with E-state index in [1.807, 2.05) is 0 Å². The molecule has 2 rings (SSSR count). The van der Waals surface area contributed by atoms with Crippen LogP contribution in [0.4, 0.5) is 0 Å². The third-order valence-corrected chi connectivity index (χ3v) is 3.69. The minimum atomic E-state index is 0.0554. The van der Waals surface area contributed by atoms with Crippen molar-refractivity contribution in [1.82, 2.24) is 4.90 Å². The number of hydrogen-bond donors (Lipinski definition) is 0. The molecular formula is C13H25NO2. The van der Waals surface area contributed by atoms with Gasteiger partial charge in [-0.15, -0.1) is 0 Å². The number of nitrogens with zero attached hydrogens (tertiary/aromatic N) is 1. The highest BCUT2D eigenvalue weighted by molar-refractivity contribution is 4.70. The summed E-state index contributed by atoms with van der Waals surface area (Å²) < 4.78 is 11.1. The fourth-order valence-corrected chi connectivity index (χ4v) is 2.75. The molecular weight excluding hydrogens is 202 g/mol. The minimum Gasteiger partial charge on any atom is -0.353 e. The molecule has 2 aliphatic rings. The Labute approximate surface area is 99.1 Å². The standard InChI is InChI=1S/C13H25NO2/c1-14(11-12-5-2-3-6-12)8-7-13-15-9-4-10-16-13/h12-13H,2-11H2,1H3. The summed E-state index contributed by atoms with van der Waals surface area (Å²) in [5.41, 5.74) is 0. The van der Waals surface area contributed by atoms with Crippen LogP contribution in [0, 0.1) is 5.92 Å². The molecule has 3 nitrogen and oxygen atoms in total. The monoisotopic (exact) mass is 227 g/mol. The summed E-state index contributed by atoms with van der Waals surface area (Å²) in [4.78, 5) is 2.44. The third-order valence-electron chi connectivity index (χ3n) is 3.69. The smallest absolute Gasteiger partial charge is 0.158 e. The number of rotatable bonds is 5. The van der Waals surface area contributed by atoms with Crippen LogP contribution in [-0.2, 0) is 9.47 Å². The molecule has 0 bridgehead atoms. The molecule has 0 aromatic rings. The summed E-state index contributed by atoms with van der Waals surface area (Å²) >= 11 is 0. The zero-order chi connectivity index (χ0) is 11.2. The van der Waals surface area contributed by atoms with Crippen molar-refractivity contribution in [2.75, 3.05) is 33.4 Å². The Balaban J connectivity index is 1.57. The van der Waals surface area contributed by atoms with Gasteiger partial charge < -0.3 is 14.4 Å². The zero-order valence-electron chi connectivity index (χ0n) is 10.5. The highest BCUT2D eigenvalue weighted by Gasteiger charge is 2.18. The fourth-order valence-electron chi connectivity index (χ4n) is 2.75. The second-order valence-electron chi connectivity index (χ2n) is 5.23. The average molecular weight is 227 g/mol. The van der Waals surface area contributed by atoms with Gasteiger partial charge in [-0.1, -0.05) is 12.8 Å². The Morgan fingerprint density at radius 3 is 2.44 bits per heavy atom. The first-order chi connectivity index (χ1) is 7.84. The molecule has 2 fully saturated rings. The van der Waals surface area contributed by atoms with E-state index in [1.165, 1.54) is 32.2 Å². The second-order valence-corrected chi connectivity index (χ2v) is 5.23. The minimum absolute atomic E-state index is 0.0554. The molecule has 1 saturated carbocycles. The maximum atomic E-state index is 5.55. The van der Waals surface area contributed by atoms with E-state index in [0.717, 1.165) is 38.5 Å². The first-order valence-corrected chi connectivity index (χ1v) is 6.76. The van der Waals surface area contributed by atoms with Gasteiger partial charge >= 0.3 is 0 Å². The van der Waals surface area contributed by atoms with Crippen molar-refractivity contribution in [2.45, 2.75) is 44.8 Å². The van der Waals surface area contributed by atoms with Crippen molar-refractivity contribution in [3.8, 4) is 0 Å². The van der Waals surface area contributed by atoms with E-state index in [9.17, 15) is 0 Å². The Morgan fingerprint density at radius 1 is 1.06 bits per heavy atom. The molecule has 16 heavy (non-hydrogen) atoms. The summed E-state index contributed by atoms with van der Waals surface area (Å²) in [7, 11) is 2.22. The normalized spacial score (nSPS) is 24.4. The van der Waals surface area contributed by atoms with Crippen LogP contribution in [0.1, 0.15) is 38.5 Å². The maximum absolute atomic E-state index is 5.55. The molecule has 1 aliphatic carbocycles. The Morgan fingerprint density at radius 2 is 1.75 bits per heavy atom. The molecule has 1 saturated heterocycles. The molecule has 0 spiro atoms. The molecule has 0 amide bonds. The summed E-state index contributed by atoms with van der Waals surface area (Å²) in [6.07, 6.45) is 7.86. The second kappa shape index (κ2) is 6.58. The quantitative estimate of drug-likeness (QED) is 0.719. The van der Waals surface area contributed by atoms with Gasteiger partial charge in [-0.25, -0.2) is 0 Å². The molecule has 0 radical (unpaired) electrons. The predicted molar refractivity (Wildman–Crippen MR) is 64.4 cm³/mol. The van der Waals surface area contributed by atoms with E-state index >= 15 is 0 Å². The van der Waals surface area contributed by atoms with Crippen LogP contribution in [0.25, 0.3) is 0 Å². The van der Waals surface area contributed by atoms with Crippen molar-refractivity contribution in [3.63, 3.8) is 0 Å². The Bertz CT molecular complexity index is 186. The molecule has 1 heterocycles. The maximum Gasteiger partial charge on any atom is 0.158 e. The van der Waals surface area contributed by atoms with Crippen LogP contribution in [0.2, 0.25) is 0 Å². The molecule has 0 unspecified atom stereocenters. The molecule has 0 aromatic carbocycles. The highest BCUT2D eigenvalue weighted by atomic mass is 16.7. The molecule has 0 N–H and O–H groups in total. The van der Waals surface area contributed by atoms with Crippen LogP contribution in [-0.4, -0.2) is 44.5 Å². The summed E-state index contributed by atoms with van der Waals surface area (Å²) in [6.45, 7) is 4.10. The van der Waals surface area contributed by atoms with Gasteiger partial charge in [-0.2, -0.15) is 0 Å². The first kappa shape index (κ1) is 12.3. The largest absolute Gasteiger partial charge is 0.353 e.